The molecular weight excluding hydrogens is 378 g/mol. The van der Waals surface area contributed by atoms with Crippen LogP contribution in [0.3, 0.4) is 0 Å². The average Bonchev–Trinajstić information content (AvgIpc) is 3.25. The summed E-state index contributed by atoms with van der Waals surface area (Å²) in [6.07, 6.45) is 0. The monoisotopic (exact) mass is 403 g/mol. The third-order valence-corrected chi connectivity index (χ3v) is 5.21. The van der Waals surface area contributed by atoms with Crippen LogP contribution in [0.1, 0.15) is 18.5 Å². The molecule has 0 spiro atoms. The number of benzene rings is 1. The second-order valence-electron chi connectivity index (χ2n) is 6.31. The summed E-state index contributed by atoms with van der Waals surface area (Å²) in [6.45, 7) is 5.62. The molecule has 1 atom stereocenters. The topological polar surface area (TPSA) is 79.9 Å². The van der Waals surface area contributed by atoms with Crippen LogP contribution in [0.2, 0.25) is 0 Å². The first-order valence-electron chi connectivity index (χ1n) is 9.34. The Balaban J connectivity index is 1.60. The minimum absolute atomic E-state index is 0.0163. The average molecular weight is 404 g/mol. The molecule has 28 heavy (non-hydrogen) atoms. The number of morpholine rings is 1. The van der Waals surface area contributed by atoms with Crippen LogP contribution >= 0.6 is 11.3 Å². The Labute approximate surface area is 168 Å². The SMILES string of the molecule is CCOc1ccccc1NC(=O)C(=O)NCC(c1ccsc1)N1CCOCC1. The van der Waals surface area contributed by atoms with E-state index in [0.717, 1.165) is 18.7 Å². The van der Waals surface area contributed by atoms with E-state index in [1.807, 2.05) is 18.4 Å². The van der Waals surface area contributed by atoms with Gasteiger partial charge in [0.05, 0.1) is 31.5 Å². The van der Waals surface area contributed by atoms with Gasteiger partial charge in [0, 0.05) is 19.6 Å². The highest BCUT2D eigenvalue weighted by Crippen LogP contribution is 2.24. The third-order valence-electron chi connectivity index (χ3n) is 4.51. The maximum absolute atomic E-state index is 12.4. The summed E-state index contributed by atoms with van der Waals surface area (Å²) in [4.78, 5) is 27.0. The molecule has 0 bridgehead atoms. The molecule has 1 aliphatic heterocycles. The molecule has 2 N–H and O–H groups in total. The van der Waals surface area contributed by atoms with Gasteiger partial charge < -0.3 is 20.1 Å². The first kappa shape index (κ1) is 20.3. The van der Waals surface area contributed by atoms with Gasteiger partial charge in [0.15, 0.2) is 0 Å². The zero-order chi connectivity index (χ0) is 19.8. The number of ether oxygens (including phenoxy) is 2. The maximum atomic E-state index is 12.4. The van der Waals surface area contributed by atoms with Crippen molar-refractivity contribution in [1.29, 1.82) is 0 Å². The molecule has 0 aliphatic carbocycles. The lowest BCUT2D eigenvalue weighted by Crippen LogP contribution is -2.45. The van der Waals surface area contributed by atoms with Crippen LogP contribution in [-0.4, -0.2) is 56.2 Å². The Hall–Kier alpha value is -2.42. The van der Waals surface area contributed by atoms with E-state index in [4.69, 9.17) is 9.47 Å². The van der Waals surface area contributed by atoms with E-state index in [-0.39, 0.29) is 6.04 Å². The molecule has 0 radical (unpaired) electrons. The normalized spacial score (nSPS) is 15.6. The van der Waals surface area contributed by atoms with Gasteiger partial charge in [-0.3, -0.25) is 14.5 Å². The van der Waals surface area contributed by atoms with Gasteiger partial charge in [-0.15, -0.1) is 0 Å². The van der Waals surface area contributed by atoms with Crippen molar-refractivity contribution in [2.24, 2.45) is 0 Å². The minimum atomic E-state index is -0.710. The Morgan fingerprint density at radius 2 is 2.00 bits per heavy atom. The zero-order valence-electron chi connectivity index (χ0n) is 15.8. The number of nitrogens with zero attached hydrogens (tertiary/aromatic N) is 1. The van der Waals surface area contributed by atoms with E-state index in [0.29, 0.717) is 37.8 Å². The summed E-state index contributed by atoms with van der Waals surface area (Å²) in [6, 6.07) is 9.12. The standard InChI is InChI=1S/C20H25N3O4S/c1-2-27-18-6-4-3-5-16(18)22-20(25)19(24)21-13-17(15-7-12-28-14-15)23-8-10-26-11-9-23/h3-7,12,14,17H,2,8-11,13H2,1H3,(H,21,24)(H,22,25). The van der Waals surface area contributed by atoms with Crippen molar-refractivity contribution in [1.82, 2.24) is 10.2 Å². The van der Waals surface area contributed by atoms with Crippen LogP contribution in [0.25, 0.3) is 0 Å². The van der Waals surface area contributed by atoms with Gasteiger partial charge in [0.25, 0.3) is 0 Å². The van der Waals surface area contributed by atoms with Gasteiger partial charge in [0.1, 0.15) is 5.75 Å². The van der Waals surface area contributed by atoms with Crippen molar-refractivity contribution in [3.8, 4) is 5.75 Å². The van der Waals surface area contributed by atoms with E-state index < -0.39 is 11.8 Å². The molecule has 8 heteroatoms. The molecule has 1 unspecified atom stereocenters. The number of carbonyl (C=O) groups is 2. The second-order valence-corrected chi connectivity index (χ2v) is 7.09. The predicted molar refractivity (Wildman–Crippen MR) is 109 cm³/mol. The van der Waals surface area contributed by atoms with E-state index in [2.05, 4.69) is 27.0 Å². The summed E-state index contributed by atoms with van der Waals surface area (Å²) in [7, 11) is 0. The smallest absolute Gasteiger partial charge is 0.313 e. The number of rotatable bonds is 7. The van der Waals surface area contributed by atoms with Crippen molar-refractivity contribution in [3.05, 3.63) is 46.7 Å². The van der Waals surface area contributed by atoms with Crippen LogP contribution in [-0.2, 0) is 14.3 Å². The van der Waals surface area contributed by atoms with Crippen LogP contribution in [0, 0.1) is 0 Å². The molecule has 1 aromatic carbocycles. The van der Waals surface area contributed by atoms with Gasteiger partial charge in [-0.2, -0.15) is 11.3 Å². The van der Waals surface area contributed by atoms with E-state index in [1.54, 1.807) is 29.5 Å². The third kappa shape index (κ3) is 5.31. The van der Waals surface area contributed by atoms with Gasteiger partial charge in [-0.1, -0.05) is 12.1 Å². The zero-order valence-corrected chi connectivity index (χ0v) is 16.7. The Bertz CT molecular complexity index is 776. The largest absolute Gasteiger partial charge is 0.492 e. The molecule has 1 aromatic heterocycles. The Kier molecular flexibility index (Phi) is 7.41. The van der Waals surface area contributed by atoms with Crippen molar-refractivity contribution in [2.45, 2.75) is 13.0 Å². The highest BCUT2D eigenvalue weighted by Gasteiger charge is 2.25. The summed E-state index contributed by atoms with van der Waals surface area (Å²) in [5.41, 5.74) is 1.61. The van der Waals surface area contributed by atoms with E-state index >= 15 is 0 Å². The first-order valence-corrected chi connectivity index (χ1v) is 10.3. The molecule has 1 fully saturated rings. The van der Waals surface area contributed by atoms with Crippen LogP contribution in [0.4, 0.5) is 5.69 Å². The van der Waals surface area contributed by atoms with E-state index in [9.17, 15) is 9.59 Å². The number of carbonyl (C=O) groups excluding carboxylic acids is 2. The summed E-state index contributed by atoms with van der Waals surface area (Å²) in [5, 5.41) is 9.49. The number of amides is 2. The van der Waals surface area contributed by atoms with Gasteiger partial charge in [-0.05, 0) is 41.4 Å². The highest BCUT2D eigenvalue weighted by atomic mass is 32.1. The molecule has 0 saturated carbocycles. The number of hydrogen-bond donors (Lipinski definition) is 2. The van der Waals surface area contributed by atoms with Crippen LogP contribution in [0.15, 0.2) is 41.1 Å². The lowest BCUT2D eigenvalue weighted by molar-refractivity contribution is -0.136. The number of anilines is 1. The molecule has 2 aromatic rings. The van der Waals surface area contributed by atoms with Crippen molar-refractivity contribution in [2.75, 3.05) is 44.8 Å². The van der Waals surface area contributed by atoms with Gasteiger partial charge in [0.2, 0.25) is 0 Å². The van der Waals surface area contributed by atoms with Crippen molar-refractivity contribution < 1.29 is 19.1 Å². The molecule has 3 rings (SSSR count). The number of nitrogens with one attached hydrogen (secondary N) is 2. The predicted octanol–water partition coefficient (Wildman–Crippen LogP) is 2.28. The summed E-state index contributed by atoms with van der Waals surface area (Å²) in [5.74, 6) is -0.839. The van der Waals surface area contributed by atoms with Crippen LogP contribution in [0.5, 0.6) is 5.75 Å². The quantitative estimate of drug-likeness (QED) is 0.694. The first-order chi connectivity index (χ1) is 13.7. The number of hydrogen-bond acceptors (Lipinski definition) is 6. The second kappa shape index (κ2) is 10.2. The fraction of sp³-hybridized carbons (Fsp3) is 0.400. The Morgan fingerprint density at radius 3 is 2.71 bits per heavy atom. The molecule has 7 nitrogen and oxygen atoms in total. The lowest BCUT2D eigenvalue weighted by Gasteiger charge is -2.34. The molecule has 2 amide bonds. The molecule has 150 valence electrons. The minimum Gasteiger partial charge on any atom is -0.492 e. The van der Waals surface area contributed by atoms with Gasteiger partial charge in [-0.25, -0.2) is 0 Å². The summed E-state index contributed by atoms with van der Waals surface area (Å²) < 4.78 is 10.9. The molecule has 1 saturated heterocycles. The van der Waals surface area contributed by atoms with Gasteiger partial charge >= 0.3 is 11.8 Å². The lowest BCUT2D eigenvalue weighted by atomic mass is 10.1. The molecule has 2 heterocycles. The number of para-hydroxylation sites is 2. The van der Waals surface area contributed by atoms with Crippen molar-refractivity contribution >= 4 is 28.8 Å². The Morgan fingerprint density at radius 1 is 1.21 bits per heavy atom. The highest BCUT2D eigenvalue weighted by molar-refractivity contribution is 7.08. The fourth-order valence-corrected chi connectivity index (χ4v) is 3.82. The van der Waals surface area contributed by atoms with Crippen molar-refractivity contribution in [3.63, 3.8) is 0 Å². The van der Waals surface area contributed by atoms with E-state index in [1.165, 1.54) is 0 Å². The van der Waals surface area contributed by atoms with Crippen LogP contribution < -0.4 is 15.4 Å². The fourth-order valence-electron chi connectivity index (χ4n) is 3.11. The molecule has 1 aliphatic rings. The number of thiophene rings is 1. The summed E-state index contributed by atoms with van der Waals surface area (Å²) >= 11 is 1.62. The maximum Gasteiger partial charge on any atom is 0.313 e. The molecular formula is C20H25N3O4S.